The molecule has 1 fully saturated rings. The number of ether oxygens (including phenoxy) is 2. The topological polar surface area (TPSA) is 103 Å². The Morgan fingerprint density at radius 2 is 1.70 bits per heavy atom. The Morgan fingerprint density at radius 1 is 1.04 bits per heavy atom. The average Bonchev–Trinajstić information content (AvgIpc) is 3.41. The van der Waals surface area contributed by atoms with Crippen LogP contribution < -0.4 is 9.64 Å². The van der Waals surface area contributed by atoms with E-state index in [0.717, 1.165) is 59.8 Å². The standard InChI is InChI=1S/C37H46FN5O4/c1-24-31(34(35(44)45)47-36(3,4)5)33(42-19-17-37(6,7)18-20-42)32(30(40-24)22-43-23-39-41-25(43)2)27-10-14-29(15-11-27)46-21-16-26-8-12-28(38)13-9-26/h8-15,23,34H,16-22H2,1-7H3,(H,44,45)/t34-/m0/s1. The largest absolute Gasteiger partial charge is 0.493 e. The highest BCUT2D eigenvalue weighted by atomic mass is 19.1. The normalized spacial score (nSPS) is 15.4. The summed E-state index contributed by atoms with van der Waals surface area (Å²) in [6.45, 7) is 16.3. The van der Waals surface area contributed by atoms with Gasteiger partial charge in [0.25, 0.3) is 0 Å². The third-order valence-corrected chi connectivity index (χ3v) is 8.71. The molecule has 0 aliphatic carbocycles. The zero-order chi connectivity index (χ0) is 33.9. The number of hydrogen-bond donors (Lipinski definition) is 1. The summed E-state index contributed by atoms with van der Waals surface area (Å²) in [5, 5.41) is 18.9. The molecule has 10 heteroatoms. The maximum atomic E-state index is 13.3. The van der Waals surface area contributed by atoms with Gasteiger partial charge in [0.05, 0.1) is 30.1 Å². The molecule has 0 saturated carbocycles. The quantitative estimate of drug-likeness (QED) is 0.181. The lowest BCUT2D eigenvalue weighted by molar-refractivity contribution is -0.160. The van der Waals surface area contributed by atoms with Gasteiger partial charge in [-0.15, -0.1) is 10.2 Å². The van der Waals surface area contributed by atoms with Gasteiger partial charge in [-0.05, 0) is 88.3 Å². The number of benzene rings is 2. The summed E-state index contributed by atoms with van der Waals surface area (Å²) in [6, 6.07) is 14.3. The number of aliphatic carboxylic acids is 1. The van der Waals surface area contributed by atoms with Crippen molar-refractivity contribution in [3.8, 4) is 16.9 Å². The summed E-state index contributed by atoms with van der Waals surface area (Å²) in [5.74, 6) is 0.144. The fourth-order valence-electron chi connectivity index (χ4n) is 6.03. The van der Waals surface area contributed by atoms with Crippen molar-refractivity contribution in [3.63, 3.8) is 0 Å². The molecule has 9 nitrogen and oxygen atoms in total. The Labute approximate surface area is 276 Å². The molecule has 2 aromatic heterocycles. The molecule has 1 atom stereocenters. The molecule has 250 valence electrons. The molecular formula is C37H46FN5O4. The number of rotatable bonds is 11. The number of aryl methyl sites for hydroxylation is 2. The molecule has 0 amide bonds. The molecule has 0 unspecified atom stereocenters. The predicted molar refractivity (Wildman–Crippen MR) is 180 cm³/mol. The first-order valence-electron chi connectivity index (χ1n) is 16.2. The Bertz CT molecular complexity index is 1680. The molecule has 0 radical (unpaired) electrons. The summed E-state index contributed by atoms with van der Waals surface area (Å²) in [7, 11) is 0. The lowest BCUT2D eigenvalue weighted by atomic mass is 9.81. The third kappa shape index (κ3) is 8.35. The minimum absolute atomic E-state index is 0.183. The van der Waals surface area contributed by atoms with Crippen molar-refractivity contribution in [1.82, 2.24) is 19.7 Å². The Kier molecular flexibility index (Phi) is 10.0. The molecule has 1 N–H and O–H groups in total. The van der Waals surface area contributed by atoms with Crippen LogP contribution in [0.1, 0.15) is 81.9 Å². The van der Waals surface area contributed by atoms with Crippen LogP contribution in [0, 0.1) is 25.1 Å². The fraction of sp³-hybridized carbons (Fsp3) is 0.459. The number of carboxylic acid groups (broad SMARTS) is 1. The molecule has 47 heavy (non-hydrogen) atoms. The number of carboxylic acids is 1. The highest BCUT2D eigenvalue weighted by Gasteiger charge is 2.37. The van der Waals surface area contributed by atoms with Crippen LogP contribution in [0.4, 0.5) is 10.1 Å². The molecule has 2 aromatic carbocycles. The van der Waals surface area contributed by atoms with Crippen LogP contribution in [0.5, 0.6) is 5.75 Å². The maximum Gasteiger partial charge on any atom is 0.337 e. The smallest absolute Gasteiger partial charge is 0.337 e. The summed E-state index contributed by atoms with van der Waals surface area (Å²) in [5.41, 5.74) is 5.05. The van der Waals surface area contributed by atoms with Gasteiger partial charge >= 0.3 is 5.97 Å². The molecule has 1 aliphatic heterocycles. The zero-order valence-corrected chi connectivity index (χ0v) is 28.5. The van der Waals surface area contributed by atoms with Crippen molar-refractivity contribution >= 4 is 11.7 Å². The van der Waals surface area contributed by atoms with Gasteiger partial charge in [0.15, 0.2) is 6.10 Å². The fourth-order valence-corrected chi connectivity index (χ4v) is 6.03. The van der Waals surface area contributed by atoms with Crippen molar-refractivity contribution in [3.05, 3.63) is 89.0 Å². The molecule has 3 heterocycles. The van der Waals surface area contributed by atoms with Gasteiger partial charge < -0.3 is 24.0 Å². The molecule has 1 aliphatic rings. The second-order valence-corrected chi connectivity index (χ2v) is 14.1. The summed E-state index contributed by atoms with van der Waals surface area (Å²) >= 11 is 0. The van der Waals surface area contributed by atoms with Crippen LogP contribution in [0.15, 0.2) is 54.9 Å². The maximum absolute atomic E-state index is 13.3. The van der Waals surface area contributed by atoms with Crippen LogP contribution in [0.2, 0.25) is 0 Å². The van der Waals surface area contributed by atoms with Gasteiger partial charge in [-0.2, -0.15) is 0 Å². The lowest BCUT2D eigenvalue weighted by Crippen LogP contribution is -2.39. The second-order valence-electron chi connectivity index (χ2n) is 14.1. The minimum atomic E-state index is -1.22. The first kappa shape index (κ1) is 34.0. The number of nitrogens with zero attached hydrogens (tertiary/aromatic N) is 5. The average molecular weight is 644 g/mol. The van der Waals surface area contributed by atoms with E-state index in [1.807, 2.05) is 63.5 Å². The first-order valence-corrected chi connectivity index (χ1v) is 16.2. The molecule has 0 bridgehead atoms. The van der Waals surface area contributed by atoms with E-state index in [0.29, 0.717) is 36.6 Å². The number of piperidine rings is 1. The Hall–Kier alpha value is -4.31. The monoisotopic (exact) mass is 643 g/mol. The first-order chi connectivity index (χ1) is 22.2. The molecule has 1 saturated heterocycles. The van der Waals surface area contributed by atoms with Gasteiger partial charge in [-0.25, -0.2) is 9.18 Å². The van der Waals surface area contributed by atoms with Crippen LogP contribution in [-0.4, -0.2) is 56.1 Å². The van der Waals surface area contributed by atoms with E-state index >= 15 is 0 Å². The predicted octanol–water partition coefficient (Wildman–Crippen LogP) is 7.33. The van der Waals surface area contributed by atoms with Crippen molar-refractivity contribution < 1.29 is 23.8 Å². The van der Waals surface area contributed by atoms with E-state index in [1.165, 1.54) is 12.1 Å². The lowest BCUT2D eigenvalue weighted by Gasteiger charge is -2.41. The van der Waals surface area contributed by atoms with E-state index < -0.39 is 17.7 Å². The van der Waals surface area contributed by atoms with Crippen molar-refractivity contribution in [2.45, 2.75) is 86.0 Å². The van der Waals surface area contributed by atoms with E-state index in [4.69, 9.17) is 14.5 Å². The number of anilines is 1. The van der Waals surface area contributed by atoms with Crippen molar-refractivity contribution in [2.75, 3.05) is 24.6 Å². The second kappa shape index (κ2) is 13.8. The number of halogens is 1. The van der Waals surface area contributed by atoms with E-state index in [9.17, 15) is 14.3 Å². The SMILES string of the molecule is Cc1nc(Cn2cnnc2C)c(-c2ccc(OCCc3ccc(F)cc3)cc2)c(N2CCC(C)(C)CC2)c1[C@H](OC(C)(C)C)C(=O)O. The van der Waals surface area contributed by atoms with Gasteiger partial charge in [-0.1, -0.05) is 38.1 Å². The number of aromatic nitrogens is 4. The van der Waals surface area contributed by atoms with E-state index in [2.05, 4.69) is 28.9 Å². The highest BCUT2D eigenvalue weighted by molar-refractivity contribution is 5.88. The highest BCUT2D eigenvalue weighted by Crippen LogP contribution is 2.45. The summed E-state index contributed by atoms with van der Waals surface area (Å²) in [6.07, 6.45) is 3.05. The third-order valence-electron chi connectivity index (χ3n) is 8.71. The zero-order valence-electron chi connectivity index (χ0n) is 28.5. The van der Waals surface area contributed by atoms with Crippen LogP contribution in [-0.2, 0) is 22.5 Å². The van der Waals surface area contributed by atoms with E-state index in [1.54, 1.807) is 18.5 Å². The number of hydrogen-bond acceptors (Lipinski definition) is 7. The molecule has 0 spiro atoms. The molecule has 5 rings (SSSR count). The molecule has 4 aromatic rings. The molecular weight excluding hydrogens is 597 g/mol. The van der Waals surface area contributed by atoms with Crippen LogP contribution in [0.3, 0.4) is 0 Å². The van der Waals surface area contributed by atoms with Crippen molar-refractivity contribution in [2.24, 2.45) is 5.41 Å². The van der Waals surface area contributed by atoms with Crippen molar-refractivity contribution in [1.29, 1.82) is 0 Å². The van der Waals surface area contributed by atoms with Gasteiger partial charge in [-0.3, -0.25) is 4.98 Å². The van der Waals surface area contributed by atoms with Gasteiger partial charge in [0, 0.05) is 36.3 Å². The van der Waals surface area contributed by atoms with Gasteiger partial charge in [0.2, 0.25) is 0 Å². The number of carbonyl (C=O) groups is 1. The van der Waals surface area contributed by atoms with Crippen LogP contribution in [0.25, 0.3) is 11.1 Å². The van der Waals surface area contributed by atoms with Gasteiger partial charge in [0.1, 0.15) is 23.7 Å². The minimum Gasteiger partial charge on any atom is -0.493 e. The van der Waals surface area contributed by atoms with E-state index in [-0.39, 0.29) is 11.2 Å². The number of pyridine rings is 1. The Balaban J connectivity index is 1.62. The summed E-state index contributed by atoms with van der Waals surface area (Å²) in [4.78, 5) is 20.4. The summed E-state index contributed by atoms with van der Waals surface area (Å²) < 4.78 is 27.6. The Morgan fingerprint density at radius 3 is 2.28 bits per heavy atom. The van der Waals surface area contributed by atoms with Crippen LogP contribution >= 0.6 is 0 Å².